The summed E-state index contributed by atoms with van der Waals surface area (Å²) in [6.07, 6.45) is -0.0166. The predicted octanol–water partition coefficient (Wildman–Crippen LogP) is 5.77. The summed E-state index contributed by atoms with van der Waals surface area (Å²) in [7, 11) is 2.99. The van der Waals surface area contributed by atoms with Crippen LogP contribution in [0.1, 0.15) is 31.0 Å². The molecule has 1 heterocycles. The van der Waals surface area contributed by atoms with Crippen molar-refractivity contribution >= 4 is 34.7 Å². The van der Waals surface area contributed by atoms with Crippen LogP contribution in [0.4, 0.5) is 5.69 Å². The van der Waals surface area contributed by atoms with Crippen molar-refractivity contribution in [1.82, 2.24) is 0 Å². The van der Waals surface area contributed by atoms with Crippen molar-refractivity contribution in [2.45, 2.75) is 26.0 Å². The van der Waals surface area contributed by atoms with E-state index in [2.05, 4.69) is 0 Å². The number of hydrogen-bond acceptors (Lipinski definition) is 6. The lowest BCUT2D eigenvalue weighted by molar-refractivity contribution is -0.132. The molecule has 36 heavy (non-hydrogen) atoms. The van der Waals surface area contributed by atoms with Crippen LogP contribution in [0.25, 0.3) is 5.76 Å². The van der Waals surface area contributed by atoms with E-state index in [1.54, 1.807) is 67.8 Å². The van der Waals surface area contributed by atoms with Gasteiger partial charge in [0.15, 0.2) is 0 Å². The van der Waals surface area contributed by atoms with Crippen molar-refractivity contribution in [3.63, 3.8) is 0 Å². The number of aliphatic hydroxyl groups is 1. The van der Waals surface area contributed by atoms with Crippen LogP contribution in [0.3, 0.4) is 0 Å². The minimum absolute atomic E-state index is 0.0166. The average molecular weight is 508 g/mol. The summed E-state index contributed by atoms with van der Waals surface area (Å²) < 4.78 is 16.4. The van der Waals surface area contributed by atoms with Gasteiger partial charge >= 0.3 is 0 Å². The molecule has 0 spiro atoms. The number of Topliss-reactive ketones (excluding diaryl/α,β-unsaturated/α-hetero) is 1. The number of aliphatic hydroxyl groups excluding tert-OH is 1. The van der Waals surface area contributed by atoms with Crippen molar-refractivity contribution in [3.8, 4) is 17.2 Å². The monoisotopic (exact) mass is 507 g/mol. The summed E-state index contributed by atoms with van der Waals surface area (Å²) in [4.78, 5) is 28.1. The molecule has 3 aromatic rings. The van der Waals surface area contributed by atoms with E-state index in [-0.39, 0.29) is 23.0 Å². The quantitative estimate of drug-likeness (QED) is 0.248. The van der Waals surface area contributed by atoms with Crippen molar-refractivity contribution in [2.24, 2.45) is 0 Å². The first-order valence-corrected chi connectivity index (χ1v) is 11.7. The molecule has 0 aromatic heterocycles. The molecule has 1 N–H and O–H groups in total. The number of ether oxygens (including phenoxy) is 3. The third-order valence-electron chi connectivity index (χ3n) is 5.78. The zero-order valence-electron chi connectivity index (χ0n) is 20.3. The summed E-state index contributed by atoms with van der Waals surface area (Å²) >= 11 is 6.17. The summed E-state index contributed by atoms with van der Waals surface area (Å²) in [6.45, 7) is 3.83. The first kappa shape index (κ1) is 25.1. The lowest BCUT2D eigenvalue weighted by Gasteiger charge is -2.26. The molecular weight excluding hydrogens is 482 g/mol. The molecule has 1 amide bonds. The lowest BCUT2D eigenvalue weighted by Crippen LogP contribution is -2.29. The highest BCUT2D eigenvalue weighted by Gasteiger charge is 2.47. The number of hydrogen-bond donors (Lipinski definition) is 1. The van der Waals surface area contributed by atoms with Gasteiger partial charge in [-0.1, -0.05) is 23.7 Å². The molecule has 0 aliphatic carbocycles. The number of carbonyl (C=O) groups excluding carboxylic acids is 2. The number of methoxy groups -OCH3 is 2. The first-order chi connectivity index (χ1) is 17.2. The van der Waals surface area contributed by atoms with Gasteiger partial charge in [0.1, 0.15) is 23.0 Å². The molecule has 4 rings (SSSR count). The van der Waals surface area contributed by atoms with Crippen LogP contribution in [0.5, 0.6) is 17.2 Å². The fraction of sp³-hybridized carbons (Fsp3) is 0.214. The summed E-state index contributed by atoms with van der Waals surface area (Å²) in [6, 6.07) is 17.6. The van der Waals surface area contributed by atoms with Gasteiger partial charge in [-0.2, -0.15) is 0 Å². The van der Waals surface area contributed by atoms with E-state index in [1.165, 1.54) is 18.1 Å². The lowest BCUT2D eigenvalue weighted by atomic mass is 9.94. The number of rotatable bonds is 7. The Kier molecular flexibility index (Phi) is 7.22. The zero-order valence-corrected chi connectivity index (χ0v) is 21.1. The van der Waals surface area contributed by atoms with Gasteiger partial charge in [0.25, 0.3) is 11.7 Å². The second-order valence-corrected chi connectivity index (χ2v) is 8.88. The molecule has 1 aliphatic heterocycles. The van der Waals surface area contributed by atoms with Crippen LogP contribution in [-0.2, 0) is 9.59 Å². The van der Waals surface area contributed by atoms with E-state index in [9.17, 15) is 14.7 Å². The Morgan fingerprint density at radius 2 is 1.56 bits per heavy atom. The number of halogens is 1. The Morgan fingerprint density at radius 1 is 0.917 bits per heavy atom. The van der Waals surface area contributed by atoms with E-state index < -0.39 is 17.7 Å². The molecule has 3 aromatic carbocycles. The number of anilines is 1. The first-order valence-electron chi connectivity index (χ1n) is 11.3. The van der Waals surface area contributed by atoms with Gasteiger partial charge < -0.3 is 19.3 Å². The molecule has 1 fully saturated rings. The van der Waals surface area contributed by atoms with Gasteiger partial charge in [0, 0.05) is 10.7 Å². The molecule has 0 radical (unpaired) electrons. The van der Waals surface area contributed by atoms with Gasteiger partial charge in [-0.05, 0) is 74.0 Å². The minimum Gasteiger partial charge on any atom is -0.507 e. The Hall–Kier alpha value is -3.97. The van der Waals surface area contributed by atoms with E-state index in [0.29, 0.717) is 33.5 Å². The normalized spacial score (nSPS) is 16.9. The van der Waals surface area contributed by atoms with Crippen LogP contribution in [-0.4, -0.2) is 37.1 Å². The van der Waals surface area contributed by atoms with Gasteiger partial charge in [0.2, 0.25) is 0 Å². The molecule has 8 heteroatoms. The smallest absolute Gasteiger partial charge is 0.300 e. The van der Waals surface area contributed by atoms with E-state index in [0.717, 1.165) is 0 Å². The topological polar surface area (TPSA) is 85.3 Å². The highest BCUT2D eigenvalue weighted by molar-refractivity contribution is 6.51. The Balaban J connectivity index is 1.91. The van der Waals surface area contributed by atoms with Gasteiger partial charge in [0.05, 0.1) is 37.5 Å². The summed E-state index contributed by atoms with van der Waals surface area (Å²) in [5, 5.41) is 11.7. The van der Waals surface area contributed by atoms with Crippen molar-refractivity contribution in [1.29, 1.82) is 0 Å². The fourth-order valence-electron chi connectivity index (χ4n) is 4.17. The number of carbonyl (C=O) groups is 2. The predicted molar refractivity (Wildman–Crippen MR) is 138 cm³/mol. The number of benzene rings is 3. The van der Waals surface area contributed by atoms with E-state index in [1.807, 2.05) is 13.8 Å². The van der Waals surface area contributed by atoms with Crippen LogP contribution >= 0.6 is 11.6 Å². The molecule has 1 aliphatic rings. The second kappa shape index (κ2) is 10.3. The van der Waals surface area contributed by atoms with E-state index in [4.69, 9.17) is 25.8 Å². The van der Waals surface area contributed by atoms with Crippen molar-refractivity contribution in [3.05, 3.63) is 88.5 Å². The third-order valence-corrected chi connectivity index (χ3v) is 6.01. The minimum atomic E-state index is -0.906. The van der Waals surface area contributed by atoms with Crippen LogP contribution in [0.2, 0.25) is 5.02 Å². The molecular formula is C28H26ClNO6. The molecule has 0 saturated carbocycles. The molecule has 7 nitrogen and oxygen atoms in total. The maximum Gasteiger partial charge on any atom is 0.300 e. The van der Waals surface area contributed by atoms with E-state index >= 15 is 0 Å². The Morgan fingerprint density at radius 3 is 2.14 bits per heavy atom. The van der Waals surface area contributed by atoms with Crippen molar-refractivity contribution in [2.75, 3.05) is 19.1 Å². The second-order valence-electron chi connectivity index (χ2n) is 8.45. The summed E-state index contributed by atoms with van der Waals surface area (Å²) in [5.74, 6) is -0.409. The molecule has 186 valence electrons. The molecule has 1 saturated heterocycles. The standard InChI is InChI=1S/C28H26ClNO6/c1-16(2)36-21-12-8-19(9-13-21)30-25(17-5-10-20(34-3)11-6-17)24(27(32)28(30)33)26(31)22-15-18(29)7-14-23(22)35-4/h5-16,25,31H,1-4H3/b26-24+. The highest BCUT2D eigenvalue weighted by Crippen LogP contribution is 2.44. The van der Waals surface area contributed by atoms with Crippen molar-refractivity contribution < 1.29 is 28.9 Å². The molecule has 0 bridgehead atoms. The third kappa shape index (κ3) is 4.75. The maximum absolute atomic E-state index is 13.4. The largest absolute Gasteiger partial charge is 0.507 e. The average Bonchev–Trinajstić information content (AvgIpc) is 3.14. The maximum atomic E-state index is 13.4. The molecule has 1 unspecified atom stereocenters. The fourth-order valence-corrected chi connectivity index (χ4v) is 4.34. The summed E-state index contributed by atoms with van der Waals surface area (Å²) in [5.41, 5.74) is 1.22. The zero-order chi connectivity index (χ0) is 26.0. The highest BCUT2D eigenvalue weighted by atomic mass is 35.5. The number of amides is 1. The molecule has 1 atom stereocenters. The van der Waals surface area contributed by atoms with Crippen LogP contribution in [0.15, 0.2) is 72.3 Å². The van der Waals surface area contributed by atoms with Gasteiger partial charge in [-0.3, -0.25) is 14.5 Å². The van der Waals surface area contributed by atoms with Crippen LogP contribution in [0, 0.1) is 0 Å². The number of ketones is 1. The van der Waals surface area contributed by atoms with Gasteiger partial charge in [-0.25, -0.2) is 0 Å². The SMILES string of the molecule is COc1ccc(C2/C(=C(\O)c3cc(Cl)ccc3OC)C(=O)C(=O)N2c2ccc(OC(C)C)cc2)cc1. The van der Waals surface area contributed by atoms with Crippen LogP contribution < -0.4 is 19.1 Å². The number of nitrogens with zero attached hydrogens (tertiary/aromatic N) is 1. The Bertz CT molecular complexity index is 1310. The Labute approximate surface area is 214 Å². The van der Waals surface area contributed by atoms with Gasteiger partial charge in [-0.15, -0.1) is 0 Å².